The van der Waals surface area contributed by atoms with Crippen LogP contribution in [0.5, 0.6) is 0 Å². The Morgan fingerprint density at radius 1 is 1.21 bits per heavy atom. The number of rotatable bonds is 2. The summed E-state index contributed by atoms with van der Waals surface area (Å²) in [6.07, 6.45) is 2.97. The van der Waals surface area contributed by atoms with E-state index < -0.39 is 0 Å². The van der Waals surface area contributed by atoms with Gasteiger partial charge in [0.1, 0.15) is 5.60 Å². The summed E-state index contributed by atoms with van der Waals surface area (Å²) in [4.78, 5) is 15.9. The highest BCUT2D eigenvalue weighted by Crippen LogP contribution is 2.41. The van der Waals surface area contributed by atoms with E-state index in [4.69, 9.17) is 4.74 Å². The van der Waals surface area contributed by atoms with Crippen molar-refractivity contribution in [2.45, 2.75) is 12.0 Å². The minimum absolute atomic E-state index is 0.127. The van der Waals surface area contributed by atoms with Gasteiger partial charge >= 0.3 is 0 Å². The van der Waals surface area contributed by atoms with Gasteiger partial charge in [0.05, 0.1) is 12.2 Å². The largest absolute Gasteiger partial charge is 0.455 e. The lowest BCUT2D eigenvalue weighted by Gasteiger charge is -2.32. The summed E-state index contributed by atoms with van der Waals surface area (Å²) in [5.74, 6) is 1.12. The molecule has 1 spiro atoms. The third-order valence-corrected chi connectivity index (χ3v) is 5.24. The molecular weight excluding hydrogens is 302 g/mol. The number of aliphatic imine (C=N–C) groups is 1. The number of hydrogen-bond donors (Lipinski definition) is 1. The van der Waals surface area contributed by atoms with Crippen molar-refractivity contribution in [2.24, 2.45) is 10.9 Å². The van der Waals surface area contributed by atoms with Crippen LogP contribution in [0, 0.1) is 5.92 Å². The smallest absolute Gasteiger partial charge is 0.292 e. The first-order chi connectivity index (χ1) is 11.8. The lowest BCUT2D eigenvalue weighted by atomic mass is 9.88. The first-order valence-electron chi connectivity index (χ1n) is 8.42. The molecule has 2 fully saturated rings. The fraction of sp³-hybridized carbons (Fsp3) is 0.389. The highest BCUT2D eigenvalue weighted by molar-refractivity contribution is 5.89. The number of aromatic nitrogens is 2. The molecule has 2 bridgehead atoms. The zero-order valence-electron chi connectivity index (χ0n) is 13.4. The summed E-state index contributed by atoms with van der Waals surface area (Å²) >= 11 is 0. The number of piperidine rings is 1. The average molecular weight is 321 g/mol. The maximum absolute atomic E-state index is 6.21. The fourth-order valence-corrected chi connectivity index (χ4v) is 4.02. The van der Waals surface area contributed by atoms with Gasteiger partial charge in [-0.3, -0.25) is 10.2 Å². The highest BCUT2D eigenvalue weighted by Gasteiger charge is 2.54. The van der Waals surface area contributed by atoms with Crippen molar-refractivity contribution in [1.29, 1.82) is 0 Å². The molecule has 1 aromatic heterocycles. The Labute approximate surface area is 140 Å². The second-order valence-electron chi connectivity index (χ2n) is 6.77. The van der Waals surface area contributed by atoms with Crippen LogP contribution in [0.15, 0.2) is 47.6 Å². The van der Waals surface area contributed by atoms with Gasteiger partial charge in [0.25, 0.3) is 6.02 Å². The number of ether oxygens (including phenoxy) is 1. The van der Waals surface area contributed by atoms with Crippen molar-refractivity contribution in [3.8, 4) is 11.3 Å². The van der Waals surface area contributed by atoms with Gasteiger partial charge in [-0.05, 0) is 19.0 Å². The molecule has 6 heteroatoms. The van der Waals surface area contributed by atoms with E-state index in [1.54, 1.807) is 6.20 Å². The molecule has 122 valence electrons. The molecule has 3 aliphatic rings. The van der Waals surface area contributed by atoms with Gasteiger partial charge in [0, 0.05) is 30.8 Å². The predicted octanol–water partition coefficient (Wildman–Crippen LogP) is 2.02. The number of anilines is 1. The van der Waals surface area contributed by atoms with E-state index in [2.05, 4.69) is 25.2 Å². The predicted molar refractivity (Wildman–Crippen MR) is 91.8 cm³/mol. The van der Waals surface area contributed by atoms with E-state index in [1.807, 2.05) is 36.4 Å². The second kappa shape index (κ2) is 5.27. The average Bonchev–Trinajstić information content (AvgIpc) is 3.33. The molecule has 2 saturated heterocycles. The van der Waals surface area contributed by atoms with Crippen molar-refractivity contribution in [1.82, 2.24) is 14.9 Å². The second-order valence-corrected chi connectivity index (χ2v) is 6.77. The van der Waals surface area contributed by atoms with Gasteiger partial charge in [-0.2, -0.15) is 0 Å². The highest BCUT2D eigenvalue weighted by atomic mass is 16.5. The van der Waals surface area contributed by atoms with Gasteiger partial charge in [0.2, 0.25) is 5.95 Å². The third kappa shape index (κ3) is 2.26. The van der Waals surface area contributed by atoms with E-state index in [1.165, 1.54) is 13.0 Å². The van der Waals surface area contributed by atoms with Gasteiger partial charge in [0.15, 0.2) is 0 Å². The van der Waals surface area contributed by atoms with Crippen molar-refractivity contribution < 1.29 is 4.74 Å². The van der Waals surface area contributed by atoms with Crippen molar-refractivity contribution in [2.75, 3.05) is 31.5 Å². The molecule has 24 heavy (non-hydrogen) atoms. The topological polar surface area (TPSA) is 62.6 Å². The molecule has 0 aliphatic carbocycles. The number of nitrogens with one attached hydrogen (secondary N) is 1. The number of nitrogens with zero attached hydrogens (tertiary/aromatic N) is 4. The van der Waals surface area contributed by atoms with Gasteiger partial charge in [-0.1, -0.05) is 30.3 Å². The Morgan fingerprint density at radius 2 is 2.12 bits per heavy atom. The molecule has 1 aromatic carbocycles. The van der Waals surface area contributed by atoms with Crippen LogP contribution in [-0.4, -0.2) is 52.7 Å². The van der Waals surface area contributed by atoms with Crippen molar-refractivity contribution >= 4 is 12.0 Å². The summed E-state index contributed by atoms with van der Waals surface area (Å²) in [7, 11) is 0. The minimum atomic E-state index is -0.127. The van der Waals surface area contributed by atoms with Crippen LogP contribution in [-0.2, 0) is 4.74 Å². The minimum Gasteiger partial charge on any atom is -0.455 e. The summed E-state index contributed by atoms with van der Waals surface area (Å²) in [6.45, 7) is 4.05. The summed E-state index contributed by atoms with van der Waals surface area (Å²) in [5, 5.41) is 3.15. The molecule has 5 rings (SSSR count). The van der Waals surface area contributed by atoms with Crippen LogP contribution in [0.4, 0.5) is 5.95 Å². The molecule has 6 nitrogen and oxygen atoms in total. The zero-order chi connectivity index (χ0) is 16.0. The first-order valence-corrected chi connectivity index (χ1v) is 8.42. The Morgan fingerprint density at radius 3 is 2.92 bits per heavy atom. The summed E-state index contributed by atoms with van der Waals surface area (Å²) in [6, 6.07) is 12.5. The number of benzene rings is 1. The number of amidine groups is 1. The molecule has 1 N–H and O–H groups in total. The van der Waals surface area contributed by atoms with E-state index in [0.717, 1.165) is 30.9 Å². The van der Waals surface area contributed by atoms with Gasteiger partial charge in [-0.15, -0.1) is 0 Å². The van der Waals surface area contributed by atoms with Gasteiger partial charge in [-0.25, -0.2) is 15.0 Å². The standard InChI is InChI=1S/C18H19N5O/c1-2-4-13(5-3-1)15-6-8-19-16(21-15)22-17-20-11-18(24-17)12-23-9-7-14(18)10-23/h1-6,8,14H,7,9-12H2,(H,19,20,21,22). The normalized spacial score (nSPS) is 30.4. The van der Waals surface area contributed by atoms with Crippen LogP contribution in [0.1, 0.15) is 6.42 Å². The Bertz CT molecular complexity index is 793. The van der Waals surface area contributed by atoms with Crippen molar-refractivity contribution in [3.05, 3.63) is 42.6 Å². The Hall–Kier alpha value is -2.47. The quantitative estimate of drug-likeness (QED) is 0.917. The van der Waals surface area contributed by atoms with E-state index >= 15 is 0 Å². The fourth-order valence-electron chi connectivity index (χ4n) is 4.02. The molecule has 3 atom stereocenters. The maximum Gasteiger partial charge on any atom is 0.292 e. The number of fused-ring (bicyclic) bond motifs is 3. The van der Waals surface area contributed by atoms with Crippen LogP contribution in [0.3, 0.4) is 0 Å². The van der Waals surface area contributed by atoms with Gasteiger partial charge < -0.3 is 4.74 Å². The molecular formula is C18H19N5O. The molecule has 3 aliphatic heterocycles. The van der Waals surface area contributed by atoms with Crippen LogP contribution < -0.4 is 5.32 Å². The lowest BCUT2D eigenvalue weighted by molar-refractivity contribution is 0.0363. The zero-order valence-corrected chi connectivity index (χ0v) is 13.4. The molecule has 0 radical (unpaired) electrons. The summed E-state index contributed by atoms with van der Waals surface area (Å²) < 4.78 is 6.21. The molecule has 4 heterocycles. The van der Waals surface area contributed by atoms with Crippen molar-refractivity contribution in [3.63, 3.8) is 0 Å². The molecule has 0 amide bonds. The SMILES string of the molecule is c1ccc(-c2ccnc(NC3=NCC4(CN5CCC4C5)O3)n2)cc1. The molecule has 2 aromatic rings. The van der Waals surface area contributed by atoms with E-state index in [0.29, 0.717) is 17.9 Å². The third-order valence-electron chi connectivity index (χ3n) is 5.24. The summed E-state index contributed by atoms with van der Waals surface area (Å²) in [5.41, 5.74) is 1.82. The molecule has 0 saturated carbocycles. The molecule has 3 unspecified atom stereocenters. The monoisotopic (exact) mass is 321 g/mol. The van der Waals surface area contributed by atoms with Crippen LogP contribution in [0.2, 0.25) is 0 Å². The Kier molecular flexibility index (Phi) is 3.06. The first kappa shape index (κ1) is 13.9. The van der Waals surface area contributed by atoms with Crippen LogP contribution in [0.25, 0.3) is 11.3 Å². The van der Waals surface area contributed by atoms with E-state index in [-0.39, 0.29) is 5.60 Å². The Balaban J connectivity index is 1.32. The number of hydrogen-bond acceptors (Lipinski definition) is 6. The lowest BCUT2D eigenvalue weighted by Crippen LogP contribution is -2.46. The van der Waals surface area contributed by atoms with Crippen LogP contribution >= 0.6 is 0 Å². The van der Waals surface area contributed by atoms with E-state index in [9.17, 15) is 0 Å². The maximum atomic E-state index is 6.21.